The molecule has 26 heavy (non-hydrogen) atoms. The van der Waals surface area contributed by atoms with Crippen LogP contribution >= 0.6 is 0 Å². The quantitative estimate of drug-likeness (QED) is 0.802. The van der Waals surface area contributed by atoms with Crippen LogP contribution in [0.4, 0.5) is 4.39 Å². The molecule has 1 aromatic rings. The van der Waals surface area contributed by atoms with Gasteiger partial charge in [-0.05, 0) is 36.5 Å². The minimum absolute atomic E-state index is 0.0872. The molecule has 0 radical (unpaired) electrons. The second-order valence-corrected chi connectivity index (χ2v) is 7.30. The molecule has 2 N–H and O–H groups in total. The van der Waals surface area contributed by atoms with E-state index in [2.05, 4.69) is 5.32 Å². The van der Waals surface area contributed by atoms with Crippen LogP contribution in [0.25, 0.3) is 5.57 Å². The predicted molar refractivity (Wildman–Crippen MR) is 97.8 cm³/mol. The second-order valence-electron chi connectivity index (χ2n) is 7.30. The van der Waals surface area contributed by atoms with Gasteiger partial charge in [0.25, 0.3) is 0 Å². The number of carboxylic acids is 1. The summed E-state index contributed by atoms with van der Waals surface area (Å²) in [6.45, 7) is 3.42. The number of hydrogen-bond donors (Lipinski definition) is 2. The van der Waals surface area contributed by atoms with E-state index in [4.69, 9.17) is 0 Å². The molecule has 0 aliphatic heterocycles. The number of nitrogens with one attached hydrogen (secondary N) is 1. The van der Waals surface area contributed by atoms with Crippen LogP contribution in [-0.4, -0.2) is 22.8 Å². The van der Waals surface area contributed by atoms with E-state index in [1.165, 1.54) is 6.08 Å². The maximum atomic E-state index is 15.6. The van der Waals surface area contributed by atoms with Gasteiger partial charge in [-0.15, -0.1) is 0 Å². The lowest BCUT2D eigenvalue weighted by atomic mass is 9.75. The number of carbonyl (C=O) groups excluding carboxylic acids is 1. The Morgan fingerprint density at radius 1 is 1.12 bits per heavy atom. The molecular formula is C21H22FNO3. The van der Waals surface area contributed by atoms with Gasteiger partial charge in [-0.2, -0.15) is 0 Å². The molecule has 0 fully saturated rings. The van der Waals surface area contributed by atoms with Crippen molar-refractivity contribution in [2.75, 3.05) is 0 Å². The Bertz CT molecular complexity index is 836. The predicted octanol–water partition coefficient (Wildman–Crippen LogP) is 4.01. The highest BCUT2D eigenvalue weighted by molar-refractivity contribution is 6.03. The van der Waals surface area contributed by atoms with Gasteiger partial charge in [0.1, 0.15) is 0 Å². The number of allylic oxidation sites excluding steroid dienone is 2. The summed E-state index contributed by atoms with van der Waals surface area (Å²) in [5.74, 6) is -3.84. The lowest BCUT2D eigenvalue weighted by Gasteiger charge is -2.39. The van der Waals surface area contributed by atoms with Crippen LogP contribution in [0.1, 0.15) is 38.7 Å². The smallest absolute Gasteiger partial charge is 0.332 e. The number of rotatable bonds is 4. The highest BCUT2D eigenvalue weighted by Crippen LogP contribution is 2.42. The van der Waals surface area contributed by atoms with Crippen LogP contribution < -0.4 is 5.32 Å². The molecule has 0 spiro atoms. The third kappa shape index (κ3) is 3.21. The Labute approximate surface area is 152 Å². The van der Waals surface area contributed by atoms with Crippen molar-refractivity contribution < 1.29 is 19.1 Å². The van der Waals surface area contributed by atoms with Crippen LogP contribution in [0.5, 0.6) is 0 Å². The molecule has 3 rings (SSSR count). The lowest BCUT2D eigenvalue weighted by Crippen LogP contribution is -2.54. The maximum Gasteiger partial charge on any atom is 0.332 e. The molecule has 136 valence electrons. The zero-order valence-corrected chi connectivity index (χ0v) is 14.9. The largest absolute Gasteiger partial charge is 0.478 e. The van der Waals surface area contributed by atoms with Gasteiger partial charge in [0.2, 0.25) is 11.7 Å². The van der Waals surface area contributed by atoms with E-state index in [-0.39, 0.29) is 11.1 Å². The monoisotopic (exact) mass is 355 g/mol. The molecule has 1 unspecified atom stereocenters. The van der Waals surface area contributed by atoms with E-state index in [0.29, 0.717) is 19.3 Å². The van der Waals surface area contributed by atoms with Gasteiger partial charge in [-0.3, -0.25) is 4.79 Å². The molecule has 1 aromatic carbocycles. The molecular weight excluding hydrogens is 333 g/mol. The first-order valence-corrected chi connectivity index (χ1v) is 8.68. The average molecular weight is 355 g/mol. The third-order valence-corrected chi connectivity index (χ3v) is 5.10. The highest BCUT2D eigenvalue weighted by atomic mass is 19.1. The van der Waals surface area contributed by atoms with Crippen molar-refractivity contribution in [2.24, 2.45) is 5.41 Å². The standard InChI is InChI=1S/C21H22FNO3/c1-20(2)13-15(14-7-4-3-5-8-14)11-12-21(20,22)23-18(24)16-9-6-10-17(16)19(25)26/h3-5,7-8,11-13H,6,9-10H2,1-2H3,(H,23,24)(H,25,26). The number of carbonyl (C=O) groups is 2. The summed E-state index contributed by atoms with van der Waals surface area (Å²) < 4.78 is 15.6. The zero-order chi connectivity index (χ0) is 18.9. The van der Waals surface area contributed by atoms with E-state index >= 15 is 4.39 Å². The molecule has 0 heterocycles. The third-order valence-electron chi connectivity index (χ3n) is 5.10. The Kier molecular flexibility index (Phi) is 4.57. The van der Waals surface area contributed by atoms with E-state index < -0.39 is 23.1 Å². The van der Waals surface area contributed by atoms with Crippen molar-refractivity contribution in [3.8, 4) is 0 Å². The number of benzene rings is 1. The number of aliphatic carboxylic acids is 1. The molecule has 0 saturated carbocycles. The summed E-state index contributed by atoms with van der Waals surface area (Å²) in [6, 6.07) is 9.63. The number of amides is 1. The minimum Gasteiger partial charge on any atom is -0.478 e. The lowest BCUT2D eigenvalue weighted by molar-refractivity contribution is -0.133. The fraction of sp³-hybridized carbons (Fsp3) is 0.333. The van der Waals surface area contributed by atoms with Crippen molar-refractivity contribution in [3.05, 3.63) is 65.3 Å². The van der Waals surface area contributed by atoms with Crippen molar-refractivity contribution in [1.82, 2.24) is 5.32 Å². The fourth-order valence-electron chi connectivity index (χ4n) is 3.45. The number of carboxylic acid groups (broad SMARTS) is 1. The Hall–Kier alpha value is -2.69. The Balaban J connectivity index is 1.86. The molecule has 4 nitrogen and oxygen atoms in total. The molecule has 1 amide bonds. The summed E-state index contributed by atoms with van der Waals surface area (Å²) in [4.78, 5) is 23.8. The van der Waals surface area contributed by atoms with Crippen LogP contribution in [0, 0.1) is 5.41 Å². The molecule has 0 saturated heterocycles. The van der Waals surface area contributed by atoms with Gasteiger partial charge in [0, 0.05) is 16.6 Å². The minimum atomic E-state index is -2.10. The van der Waals surface area contributed by atoms with Crippen LogP contribution in [-0.2, 0) is 9.59 Å². The number of alkyl halides is 1. The van der Waals surface area contributed by atoms with Crippen molar-refractivity contribution in [1.29, 1.82) is 0 Å². The molecule has 5 heteroatoms. The SMILES string of the molecule is CC1(C)C=C(c2ccccc2)C=CC1(F)NC(=O)C1=C(C(=O)O)CCC1. The van der Waals surface area contributed by atoms with Gasteiger partial charge in [-0.1, -0.05) is 56.3 Å². The van der Waals surface area contributed by atoms with Gasteiger partial charge < -0.3 is 10.4 Å². The second kappa shape index (κ2) is 6.56. The number of halogens is 1. The zero-order valence-electron chi connectivity index (χ0n) is 14.9. The normalized spacial score (nSPS) is 24.3. The van der Waals surface area contributed by atoms with E-state index in [1.807, 2.05) is 30.3 Å². The molecule has 0 bridgehead atoms. The van der Waals surface area contributed by atoms with Crippen LogP contribution in [0.2, 0.25) is 0 Å². The molecule has 1 atom stereocenters. The topological polar surface area (TPSA) is 66.4 Å². The van der Waals surface area contributed by atoms with E-state index in [9.17, 15) is 14.7 Å². The van der Waals surface area contributed by atoms with Crippen LogP contribution in [0.3, 0.4) is 0 Å². The molecule has 0 aromatic heterocycles. The first-order valence-electron chi connectivity index (χ1n) is 8.68. The Morgan fingerprint density at radius 3 is 2.38 bits per heavy atom. The van der Waals surface area contributed by atoms with Gasteiger partial charge in [0.15, 0.2) is 0 Å². The summed E-state index contributed by atoms with van der Waals surface area (Å²) >= 11 is 0. The molecule has 2 aliphatic carbocycles. The highest BCUT2D eigenvalue weighted by Gasteiger charge is 2.46. The van der Waals surface area contributed by atoms with E-state index in [1.54, 1.807) is 26.0 Å². The summed E-state index contributed by atoms with van der Waals surface area (Å²) in [5, 5.41) is 11.6. The fourth-order valence-corrected chi connectivity index (χ4v) is 3.45. The summed E-state index contributed by atoms with van der Waals surface area (Å²) in [7, 11) is 0. The number of hydrogen-bond acceptors (Lipinski definition) is 2. The molecule has 2 aliphatic rings. The van der Waals surface area contributed by atoms with Crippen molar-refractivity contribution in [2.45, 2.75) is 38.9 Å². The average Bonchev–Trinajstić information content (AvgIpc) is 3.08. The van der Waals surface area contributed by atoms with Gasteiger partial charge in [-0.25, -0.2) is 9.18 Å². The summed E-state index contributed by atoms with van der Waals surface area (Å²) in [5.41, 5.74) is 1.12. The van der Waals surface area contributed by atoms with Crippen LogP contribution in [0.15, 0.2) is 59.7 Å². The first kappa shape index (κ1) is 18.1. The van der Waals surface area contributed by atoms with Crippen molar-refractivity contribution >= 4 is 17.4 Å². The first-order chi connectivity index (χ1) is 12.2. The Morgan fingerprint density at radius 2 is 1.77 bits per heavy atom. The maximum absolute atomic E-state index is 15.6. The van der Waals surface area contributed by atoms with Gasteiger partial charge >= 0.3 is 5.97 Å². The van der Waals surface area contributed by atoms with Crippen molar-refractivity contribution in [3.63, 3.8) is 0 Å². The summed E-state index contributed by atoms with van der Waals surface area (Å²) in [6.07, 6.45) is 6.10. The van der Waals surface area contributed by atoms with Gasteiger partial charge in [0.05, 0.1) is 0 Å². The van der Waals surface area contributed by atoms with E-state index in [0.717, 1.165) is 11.1 Å².